The molecule has 1 amide bonds. The summed E-state index contributed by atoms with van der Waals surface area (Å²) in [5, 5.41) is 11.6. The maximum Gasteiger partial charge on any atom is 0.303 e. The van der Waals surface area contributed by atoms with Crippen molar-refractivity contribution in [2.24, 2.45) is 0 Å². The van der Waals surface area contributed by atoms with Gasteiger partial charge >= 0.3 is 5.97 Å². The van der Waals surface area contributed by atoms with Crippen LogP contribution < -0.4 is 5.32 Å². The highest BCUT2D eigenvalue weighted by molar-refractivity contribution is 7.99. The zero-order chi connectivity index (χ0) is 20.9. The summed E-state index contributed by atoms with van der Waals surface area (Å²) in [4.78, 5) is 23.9. The summed E-state index contributed by atoms with van der Waals surface area (Å²) in [5.41, 5.74) is 3.07. The Bertz CT molecular complexity index is 815. The van der Waals surface area contributed by atoms with Crippen LogP contribution in [0.15, 0.2) is 59.5 Å². The van der Waals surface area contributed by atoms with Gasteiger partial charge in [-0.2, -0.15) is 0 Å². The number of rotatable bonds is 12. The van der Waals surface area contributed by atoms with E-state index in [1.54, 1.807) is 11.8 Å². The molecule has 0 fully saturated rings. The minimum Gasteiger partial charge on any atom is -0.481 e. The number of carboxylic acids is 1. The summed E-state index contributed by atoms with van der Waals surface area (Å²) in [7, 11) is 0. The van der Waals surface area contributed by atoms with E-state index in [4.69, 9.17) is 5.11 Å². The van der Waals surface area contributed by atoms with E-state index in [1.807, 2.05) is 42.5 Å². The van der Waals surface area contributed by atoms with Crippen LogP contribution in [0.5, 0.6) is 0 Å². The van der Waals surface area contributed by atoms with Gasteiger partial charge in [0.15, 0.2) is 0 Å². The number of benzene rings is 2. The number of thioether (sulfide) groups is 1. The fraction of sp³-hybridized carbons (Fsp3) is 0.333. The second-order valence-electron chi connectivity index (χ2n) is 6.86. The third kappa shape index (κ3) is 9.01. The molecule has 4 nitrogen and oxygen atoms in total. The fourth-order valence-electron chi connectivity index (χ4n) is 2.82. The number of nitrogens with one attached hydrogen (secondary N) is 1. The summed E-state index contributed by atoms with van der Waals surface area (Å²) in [5.74, 6) is -0.276. The molecule has 0 saturated carbocycles. The molecule has 2 aromatic carbocycles. The van der Waals surface area contributed by atoms with Gasteiger partial charge in [0.1, 0.15) is 0 Å². The molecule has 0 bridgehead atoms. The van der Waals surface area contributed by atoms with Gasteiger partial charge in [-0.15, -0.1) is 11.8 Å². The molecule has 0 spiro atoms. The van der Waals surface area contributed by atoms with Crippen LogP contribution in [0.3, 0.4) is 0 Å². The molecule has 0 atom stereocenters. The van der Waals surface area contributed by atoms with Crippen LogP contribution in [0, 0.1) is 0 Å². The van der Waals surface area contributed by atoms with Gasteiger partial charge in [-0.05, 0) is 54.4 Å². The maximum absolute atomic E-state index is 12.3. The molecule has 0 unspecified atom stereocenters. The third-order valence-electron chi connectivity index (χ3n) is 4.41. The molecular weight excluding hydrogens is 382 g/mol. The molecule has 0 aliphatic heterocycles. The topological polar surface area (TPSA) is 66.4 Å². The van der Waals surface area contributed by atoms with Gasteiger partial charge in [-0.25, -0.2) is 0 Å². The molecule has 2 rings (SSSR count). The first-order valence-electron chi connectivity index (χ1n) is 10.1. The Hall–Kier alpha value is -2.53. The van der Waals surface area contributed by atoms with Crippen LogP contribution in [0.4, 0.5) is 5.69 Å². The number of anilines is 1. The second-order valence-corrected chi connectivity index (χ2v) is 8.00. The van der Waals surface area contributed by atoms with Gasteiger partial charge < -0.3 is 10.4 Å². The number of aryl methyl sites for hydroxylation is 1. The smallest absolute Gasteiger partial charge is 0.303 e. The minimum absolute atomic E-state index is 0.154. The predicted molar refractivity (Wildman–Crippen MR) is 121 cm³/mol. The van der Waals surface area contributed by atoms with Crippen LogP contribution in [0.1, 0.15) is 50.2 Å². The molecule has 0 aliphatic rings. The standard InChI is InChI=1S/C24H29NO3S/c1-2-3-4-8-19-12-14-20(15-13-19)16-17-23(26)25-21-9-5-6-10-22(21)29-18-7-11-24(27)28/h5-6,9-10,12-17H,2-4,7-8,11,18H2,1H3,(H,25,26)(H,27,28). The maximum atomic E-state index is 12.3. The number of para-hydroxylation sites is 1. The number of unbranched alkanes of at least 4 members (excludes halogenated alkanes) is 2. The van der Waals surface area contributed by atoms with Gasteiger partial charge in [0.05, 0.1) is 5.69 Å². The first-order valence-corrected chi connectivity index (χ1v) is 11.1. The molecule has 154 valence electrons. The van der Waals surface area contributed by atoms with Crippen LogP contribution >= 0.6 is 11.8 Å². The molecule has 5 heteroatoms. The normalized spacial score (nSPS) is 10.9. The van der Waals surface area contributed by atoms with Crippen molar-refractivity contribution in [1.29, 1.82) is 0 Å². The first kappa shape index (κ1) is 22.8. The van der Waals surface area contributed by atoms with Crippen molar-refractivity contribution >= 4 is 35.4 Å². The van der Waals surface area contributed by atoms with Crippen LogP contribution in [-0.2, 0) is 16.0 Å². The Morgan fingerprint density at radius 3 is 2.52 bits per heavy atom. The Morgan fingerprint density at radius 2 is 1.79 bits per heavy atom. The van der Waals surface area contributed by atoms with Crippen LogP contribution in [0.25, 0.3) is 6.08 Å². The average Bonchev–Trinajstić information content (AvgIpc) is 2.72. The number of aliphatic carboxylic acids is 1. The Morgan fingerprint density at radius 1 is 1.03 bits per heavy atom. The summed E-state index contributed by atoms with van der Waals surface area (Å²) in [6, 6.07) is 15.9. The second kappa shape index (κ2) is 12.8. The third-order valence-corrected chi connectivity index (χ3v) is 5.57. The Balaban J connectivity index is 1.87. The van der Waals surface area contributed by atoms with Crippen molar-refractivity contribution < 1.29 is 14.7 Å². The fourth-order valence-corrected chi connectivity index (χ4v) is 3.78. The lowest BCUT2D eigenvalue weighted by Crippen LogP contribution is -2.08. The number of amides is 1. The molecule has 0 heterocycles. The lowest BCUT2D eigenvalue weighted by Gasteiger charge is -2.09. The number of carboxylic acid groups (broad SMARTS) is 1. The van der Waals surface area contributed by atoms with Gasteiger partial charge in [0.2, 0.25) is 5.91 Å². The Kier molecular flexibility index (Phi) is 10.1. The van der Waals surface area contributed by atoms with Crippen molar-refractivity contribution in [2.75, 3.05) is 11.1 Å². The monoisotopic (exact) mass is 411 g/mol. The molecule has 2 aromatic rings. The van der Waals surface area contributed by atoms with E-state index in [1.165, 1.54) is 30.9 Å². The molecular formula is C24H29NO3S. The largest absolute Gasteiger partial charge is 0.481 e. The average molecular weight is 412 g/mol. The van der Waals surface area contributed by atoms with Gasteiger partial charge in [-0.1, -0.05) is 56.2 Å². The van der Waals surface area contributed by atoms with E-state index in [9.17, 15) is 9.59 Å². The number of hydrogen-bond donors (Lipinski definition) is 2. The van der Waals surface area contributed by atoms with Crippen LogP contribution in [0.2, 0.25) is 0 Å². The zero-order valence-corrected chi connectivity index (χ0v) is 17.7. The number of carbonyl (C=O) groups is 2. The van der Waals surface area contributed by atoms with E-state index in [-0.39, 0.29) is 12.3 Å². The SMILES string of the molecule is CCCCCc1ccc(C=CC(=O)Nc2ccccc2SCCCC(=O)O)cc1. The molecule has 0 saturated heterocycles. The predicted octanol–water partition coefficient (Wildman–Crippen LogP) is 6.03. The highest BCUT2D eigenvalue weighted by Crippen LogP contribution is 2.27. The molecule has 29 heavy (non-hydrogen) atoms. The van der Waals surface area contributed by atoms with Gasteiger partial charge in [-0.3, -0.25) is 9.59 Å². The van der Waals surface area contributed by atoms with E-state index in [0.29, 0.717) is 12.2 Å². The first-order chi connectivity index (χ1) is 14.1. The Labute approximate surface area is 177 Å². The summed E-state index contributed by atoms with van der Waals surface area (Å²) < 4.78 is 0. The lowest BCUT2D eigenvalue weighted by molar-refractivity contribution is -0.137. The zero-order valence-electron chi connectivity index (χ0n) is 16.9. The molecule has 2 N–H and O–H groups in total. The molecule has 0 radical (unpaired) electrons. The highest BCUT2D eigenvalue weighted by Gasteiger charge is 2.06. The van der Waals surface area contributed by atoms with E-state index < -0.39 is 5.97 Å². The van der Waals surface area contributed by atoms with Crippen molar-refractivity contribution in [2.45, 2.75) is 50.3 Å². The minimum atomic E-state index is -0.786. The van der Waals surface area contributed by atoms with Crippen molar-refractivity contribution in [3.05, 3.63) is 65.7 Å². The van der Waals surface area contributed by atoms with Gasteiger partial charge in [0, 0.05) is 17.4 Å². The van der Waals surface area contributed by atoms with Crippen LogP contribution in [-0.4, -0.2) is 22.7 Å². The van der Waals surface area contributed by atoms with Crippen molar-refractivity contribution in [1.82, 2.24) is 0 Å². The quantitative estimate of drug-likeness (QED) is 0.254. The number of hydrogen-bond acceptors (Lipinski definition) is 3. The van der Waals surface area contributed by atoms with Crippen molar-refractivity contribution in [3.63, 3.8) is 0 Å². The van der Waals surface area contributed by atoms with Gasteiger partial charge in [0.25, 0.3) is 0 Å². The van der Waals surface area contributed by atoms with Crippen molar-refractivity contribution in [3.8, 4) is 0 Å². The summed E-state index contributed by atoms with van der Waals surface area (Å²) in [6.07, 6.45) is 8.88. The molecule has 0 aliphatic carbocycles. The van der Waals surface area contributed by atoms with E-state index in [2.05, 4.69) is 24.4 Å². The summed E-state index contributed by atoms with van der Waals surface area (Å²) in [6.45, 7) is 2.20. The lowest BCUT2D eigenvalue weighted by atomic mass is 10.1. The van der Waals surface area contributed by atoms with E-state index in [0.717, 1.165) is 22.6 Å². The van der Waals surface area contributed by atoms with E-state index >= 15 is 0 Å². The summed E-state index contributed by atoms with van der Waals surface area (Å²) >= 11 is 1.55. The number of carbonyl (C=O) groups excluding carboxylic acids is 1. The molecule has 0 aromatic heterocycles. The highest BCUT2D eigenvalue weighted by atomic mass is 32.2.